The van der Waals surface area contributed by atoms with Gasteiger partial charge >= 0.3 is 0 Å². The smallest absolute Gasteiger partial charge is 0.255 e. The quantitative estimate of drug-likeness (QED) is 0.607. The molecule has 0 saturated heterocycles. The SMILES string of the molecule is O=C(NCc1ccco1)c1c(N=Cc2ccc3c(c2)OCCO3)sc2c1CCCC2. The Hall–Kier alpha value is -3.06. The maximum Gasteiger partial charge on any atom is 0.255 e. The van der Waals surface area contributed by atoms with Gasteiger partial charge in [0.25, 0.3) is 5.91 Å². The topological polar surface area (TPSA) is 73.1 Å². The number of hydrogen-bond acceptors (Lipinski definition) is 6. The van der Waals surface area contributed by atoms with Gasteiger partial charge in [-0.05, 0) is 67.1 Å². The minimum atomic E-state index is -0.0971. The molecule has 3 aromatic rings. The highest BCUT2D eigenvalue weighted by atomic mass is 32.1. The predicted octanol–water partition coefficient (Wildman–Crippen LogP) is 4.67. The maximum absolute atomic E-state index is 13.0. The summed E-state index contributed by atoms with van der Waals surface area (Å²) in [5.41, 5.74) is 2.76. The molecule has 0 fully saturated rings. The minimum absolute atomic E-state index is 0.0971. The molecule has 0 atom stereocenters. The first-order chi connectivity index (χ1) is 14.8. The van der Waals surface area contributed by atoms with Crippen LogP contribution in [0.15, 0.2) is 46.0 Å². The standard InChI is InChI=1S/C23H22N2O4S/c26-22(24-14-16-4-3-9-27-16)21-17-5-1-2-6-20(17)30-23(21)25-13-15-7-8-18-19(12-15)29-11-10-28-18/h3-4,7-9,12-13H,1-2,5-6,10-11,14H2,(H,24,26). The van der Waals surface area contributed by atoms with Crippen molar-refractivity contribution in [3.05, 3.63) is 63.9 Å². The monoisotopic (exact) mass is 422 g/mol. The van der Waals surface area contributed by atoms with Gasteiger partial charge in [-0.25, -0.2) is 4.99 Å². The molecule has 0 radical (unpaired) electrons. The fourth-order valence-corrected chi connectivity index (χ4v) is 5.05. The number of fused-ring (bicyclic) bond motifs is 2. The Balaban J connectivity index is 1.42. The Morgan fingerprint density at radius 3 is 2.87 bits per heavy atom. The molecule has 7 heteroatoms. The van der Waals surface area contributed by atoms with Crippen molar-refractivity contribution < 1.29 is 18.7 Å². The summed E-state index contributed by atoms with van der Waals surface area (Å²) in [6.07, 6.45) is 7.60. The molecular formula is C23H22N2O4S. The van der Waals surface area contributed by atoms with Gasteiger partial charge in [-0.1, -0.05) is 0 Å². The third-order valence-corrected chi connectivity index (χ3v) is 6.48. The molecular weight excluding hydrogens is 400 g/mol. The van der Waals surface area contributed by atoms with Gasteiger partial charge in [0.2, 0.25) is 0 Å². The minimum Gasteiger partial charge on any atom is -0.486 e. The van der Waals surface area contributed by atoms with Crippen LogP contribution in [-0.2, 0) is 19.4 Å². The lowest BCUT2D eigenvalue weighted by molar-refractivity contribution is 0.0948. The van der Waals surface area contributed by atoms with E-state index in [1.54, 1.807) is 23.8 Å². The number of rotatable bonds is 5. The summed E-state index contributed by atoms with van der Waals surface area (Å²) in [6.45, 7) is 1.48. The molecule has 0 bridgehead atoms. The number of nitrogens with zero attached hydrogens (tertiary/aromatic N) is 1. The number of thiophene rings is 1. The summed E-state index contributed by atoms with van der Waals surface area (Å²) in [7, 11) is 0. The fourth-order valence-electron chi connectivity index (χ4n) is 3.82. The van der Waals surface area contributed by atoms with Crippen LogP contribution < -0.4 is 14.8 Å². The Kier molecular flexibility index (Phi) is 5.27. The molecule has 1 aromatic carbocycles. The highest BCUT2D eigenvalue weighted by Gasteiger charge is 2.25. The average molecular weight is 423 g/mol. The molecule has 0 spiro atoms. The molecule has 1 N–H and O–H groups in total. The molecule has 154 valence electrons. The van der Waals surface area contributed by atoms with Crippen LogP contribution in [0.2, 0.25) is 0 Å². The zero-order valence-corrected chi connectivity index (χ0v) is 17.3. The van der Waals surface area contributed by atoms with E-state index in [1.807, 2.05) is 30.3 Å². The Morgan fingerprint density at radius 2 is 2.00 bits per heavy atom. The Labute approximate surface area is 178 Å². The number of carbonyl (C=O) groups excluding carboxylic acids is 1. The zero-order valence-electron chi connectivity index (χ0n) is 16.5. The van der Waals surface area contributed by atoms with Gasteiger partial charge in [0, 0.05) is 11.1 Å². The number of carbonyl (C=O) groups is 1. The molecule has 30 heavy (non-hydrogen) atoms. The lowest BCUT2D eigenvalue weighted by atomic mass is 9.95. The summed E-state index contributed by atoms with van der Waals surface area (Å²) in [5.74, 6) is 2.11. The zero-order chi connectivity index (χ0) is 20.3. The molecule has 1 amide bonds. The predicted molar refractivity (Wildman–Crippen MR) is 116 cm³/mol. The molecule has 5 rings (SSSR count). The number of ether oxygens (including phenoxy) is 2. The van der Waals surface area contributed by atoms with Crippen molar-refractivity contribution in [2.75, 3.05) is 13.2 Å². The van der Waals surface area contributed by atoms with E-state index in [0.29, 0.717) is 25.3 Å². The highest BCUT2D eigenvalue weighted by Crippen LogP contribution is 2.40. The summed E-state index contributed by atoms with van der Waals surface area (Å²) in [5, 5.41) is 3.74. The van der Waals surface area contributed by atoms with Gasteiger partial charge in [0.1, 0.15) is 24.0 Å². The van der Waals surface area contributed by atoms with E-state index in [1.165, 1.54) is 4.88 Å². The number of aliphatic imine (C=N–C) groups is 1. The first-order valence-electron chi connectivity index (χ1n) is 10.2. The van der Waals surface area contributed by atoms with Gasteiger partial charge in [0.05, 0.1) is 18.4 Å². The van der Waals surface area contributed by atoms with E-state index in [9.17, 15) is 4.79 Å². The first kappa shape index (κ1) is 18.9. The van der Waals surface area contributed by atoms with Gasteiger partial charge in [-0.2, -0.15) is 0 Å². The number of nitrogens with one attached hydrogen (secondary N) is 1. The molecule has 2 aliphatic rings. The van der Waals surface area contributed by atoms with Crippen molar-refractivity contribution in [2.24, 2.45) is 4.99 Å². The maximum atomic E-state index is 13.0. The van der Waals surface area contributed by atoms with Crippen molar-refractivity contribution in [1.82, 2.24) is 5.32 Å². The van der Waals surface area contributed by atoms with Gasteiger partial charge in [0.15, 0.2) is 11.5 Å². The molecule has 1 aliphatic heterocycles. The van der Waals surface area contributed by atoms with E-state index >= 15 is 0 Å². The Bertz CT molecular complexity index is 1090. The van der Waals surface area contributed by atoms with E-state index in [0.717, 1.165) is 59.1 Å². The number of aryl methyl sites for hydroxylation is 1. The third kappa shape index (κ3) is 3.85. The normalized spacial score (nSPS) is 15.2. The van der Waals surface area contributed by atoms with Crippen molar-refractivity contribution >= 4 is 28.5 Å². The third-order valence-electron chi connectivity index (χ3n) is 5.28. The molecule has 6 nitrogen and oxygen atoms in total. The number of hydrogen-bond donors (Lipinski definition) is 1. The van der Waals surface area contributed by atoms with Crippen LogP contribution >= 0.6 is 11.3 Å². The second-order valence-electron chi connectivity index (χ2n) is 7.31. The van der Waals surface area contributed by atoms with Gasteiger partial charge < -0.3 is 19.2 Å². The largest absolute Gasteiger partial charge is 0.486 e. The van der Waals surface area contributed by atoms with Gasteiger partial charge in [-0.15, -0.1) is 11.3 Å². The van der Waals surface area contributed by atoms with Crippen LogP contribution in [0.1, 0.15) is 45.0 Å². The van der Waals surface area contributed by atoms with Crippen LogP contribution in [-0.4, -0.2) is 25.3 Å². The number of amides is 1. The van der Waals surface area contributed by atoms with Crippen molar-refractivity contribution in [1.29, 1.82) is 0 Å². The lowest BCUT2D eigenvalue weighted by Gasteiger charge is -2.18. The van der Waals surface area contributed by atoms with E-state index in [2.05, 4.69) is 5.32 Å². The van der Waals surface area contributed by atoms with Crippen LogP contribution in [0.25, 0.3) is 0 Å². The van der Waals surface area contributed by atoms with Crippen LogP contribution in [0, 0.1) is 0 Å². The van der Waals surface area contributed by atoms with Crippen molar-refractivity contribution in [3.63, 3.8) is 0 Å². The van der Waals surface area contributed by atoms with Crippen LogP contribution in [0.5, 0.6) is 11.5 Å². The fraction of sp³-hybridized carbons (Fsp3) is 0.304. The summed E-state index contributed by atoms with van der Waals surface area (Å²) in [6, 6.07) is 9.43. The molecule has 2 aromatic heterocycles. The van der Waals surface area contributed by atoms with Gasteiger partial charge in [-0.3, -0.25) is 4.79 Å². The van der Waals surface area contributed by atoms with Crippen LogP contribution in [0.4, 0.5) is 5.00 Å². The molecule has 1 aliphatic carbocycles. The van der Waals surface area contributed by atoms with Crippen molar-refractivity contribution in [3.8, 4) is 11.5 Å². The number of benzene rings is 1. The summed E-state index contributed by atoms with van der Waals surface area (Å²) >= 11 is 1.62. The van der Waals surface area contributed by atoms with Crippen LogP contribution in [0.3, 0.4) is 0 Å². The lowest BCUT2D eigenvalue weighted by Crippen LogP contribution is -2.23. The summed E-state index contributed by atoms with van der Waals surface area (Å²) < 4.78 is 16.6. The number of furan rings is 1. The van der Waals surface area contributed by atoms with E-state index < -0.39 is 0 Å². The highest BCUT2D eigenvalue weighted by molar-refractivity contribution is 7.16. The molecule has 0 unspecified atom stereocenters. The molecule has 0 saturated carbocycles. The van der Waals surface area contributed by atoms with E-state index in [-0.39, 0.29) is 5.91 Å². The summed E-state index contributed by atoms with van der Waals surface area (Å²) in [4.78, 5) is 19.0. The van der Waals surface area contributed by atoms with Crippen molar-refractivity contribution in [2.45, 2.75) is 32.2 Å². The second kappa shape index (κ2) is 8.36. The first-order valence-corrected chi connectivity index (χ1v) is 11.0. The average Bonchev–Trinajstić information content (AvgIpc) is 3.43. The molecule has 3 heterocycles. The van der Waals surface area contributed by atoms with E-state index in [4.69, 9.17) is 18.9 Å². The Morgan fingerprint density at radius 1 is 1.13 bits per heavy atom. The second-order valence-corrected chi connectivity index (χ2v) is 8.40.